The predicted octanol–water partition coefficient (Wildman–Crippen LogP) is 2.04. The molecule has 1 rings (SSSR count). The van der Waals surface area contributed by atoms with Crippen LogP contribution in [0, 0.1) is 0 Å². The molecule has 0 saturated carbocycles. The molecule has 0 bridgehead atoms. The molecule has 0 aromatic heterocycles. The number of hydrogen-bond acceptors (Lipinski definition) is 4. The van der Waals surface area contributed by atoms with E-state index >= 15 is 0 Å². The number of carboxylic acid groups (broad SMARTS) is 1. The summed E-state index contributed by atoms with van der Waals surface area (Å²) in [6.07, 6.45) is 0.854. The highest BCUT2D eigenvalue weighted by molar-refractivity contribution is 7.89. The third kappa shape index (κ3) is 3.95. The molecule has 118 valence electrons. The first-order valence-electron chi connectivity index (χ1n) is 6.92. The quantitative estimate of drug-likeness (QED) is 0.682. The Balaban J connectivity index is 3.01. The number of sulfonamides is 1. The molecule has 0 fully saturated rings. The second-order valence-corrected chi connectivity index (χ2v) is 6.51. The summed E-state index contributed by atoms with van der Waals surface area (Å²) in [5.74, 6) is -0.920. The van der Waals surface area contributed by atoms with Crippen LogP contribution in [0.15, 0.2) is 29.2 Å². The van der Waals surface area contributed by atoms with Gasteiger partial charge in [0.1, 0.15) is 5.54 Å². The Morgan fingerprint density at radius 1 is 1.14 bits per heavy atom. The van der Waals surface area contributed by atoms with Crippen molar-refractivity contribution < 1.29 is 18.3 Å². The zero-order chi connectivity index (χ0) is 16.1. The minimum absolute atomic E-state index is 0.156. The van der Waals surface area contributed by atoms with E-state index in [9.17, 15) is 18.3 Å². The Kier molecular flexibility index (Phi) is 5.74. The van der Waals surface area contributed by atoms with E-state index in [-0.39, 0.29) is 4.90 Å². The summed E-state index contributed by atoms with van der Waals surface area (Å²) < 4.78 is 26.1. The molecule has 0 radical (unpaired) electrons. The highest BCUT2D eigenvalue weighted by Crippen LogP contribution is 2.23. The second-order valence-electron chi connectivity index (χ2n) is 4.75. The van der Waals surface area contributed by atoms with Crippen molar-refractivity contribution in [3.05, 3.63) is 24.3 Å². The van der Waals surface area contributed by atoms with Crippen LogP contribution < -0.4 is 10.0 Å². The number of nitrogens with one attached hydrogen (secondary N) is 2. The molecule has 7 heteroatoms. The van der Waals surface area contributed by atoms with Gasteiger partial charge in [-0.3, -0.25) is 0 Å². The average molecular weight is 314 g/mol. The van der Waals surface area contributed by atoms with Crippen LogP contribution >= 0.6 is 0 Å². The molecule has 0 atom stereocenters. The molecule has 0 spiro atoms. The monoisotopic (exact) mass is 314 g/mol. The van der Waals surface area contributed by atoms with E-state index in [1.54, 1.807) is 32.9 Å². The van der Waals surface area contributed by atoms with Gasteiger partial charge >= 0.3 is 5.97 Å². The van der Waals surface area contributed by atoms with Crippen LogP contribution in [-0.2, 0) is 14.8 Å². The van der Waals surface area contributed by atoms with Gasteiger partial charge in [0.05, 0.1) is 4.90 Å². The van der Waals surface area contributed by atoms with Crippen LogP contribution in [-0.4, -0.2) is 31.6 Å². The van der Waals surface area contributed by atoms with Crippen molar-refractivity contribution in [2.75, 3.05) is 11.9 Å². The van der Waals surface area contributed by atoms with Gasteiger partial charge in [-0.25, -0.2) is 17.9 Å². The Hall–Kier alpha value is -1.60. The van der Waals surface area contributed by atoms with Crippen LogP contribution in [0.1, 0.15) is 33.6 Å². The molecule has 0 aliphatic carbocycles. The minimum Gasteiger partial charge on any atom is -0.480 e. The standard InChI is InChI=1S/C14H22N2O4S/c1-4-14(5-2,13(17)18)16-11-7-9-12(10-8-11)21(19,20)15-6-3/h7-10,15-16H,4-6H2,1-3H3,(H,17,18). The van der Waals surface area contributed by atoms with Gasteiger partial charge in [-0.2, -0.15) is 0 Å². The SMILES string of the molecule is CCNS(=O)(=O)c1ccc(NC(CC)(CC)C(=O)O)cc1. The summed E-state index contributed by atoms with van der Waals surface area (Å²) >= 11 is 0. The van der Waals surface area contributed by atoms with E-state index in [2.05, 4.69) is 10.0 Å². The van der Waals surface area contributed by atoms with Crippen molar-refractivity contribution in [1.29, 1.82) is 0 Å². The number of anilines is 1. The molecule has 6 nitrogen and oxygen atoms in total. The maximum Gasteiger partial charge on any atom is 0.329 e. The Labute approximate surface area is 125 Å². The Morgan fingerprint density at radius 3 is 2.05 bits per heavy atom. The average Bonchev–Trinajstić information content (AvgIpc) is 2.45. The van der Waals surface area contributed by atoms with E-state index in [0.29, 0.717) is 25.1 Å². The minimum atomic E-state index is -3.49. The smallest absolute Gasteiger partial charge is 0.329 e. The van der Waals surface area contributed by atoms with Crippen molar-refractivity contribution in [3.63, 3.8) is 0 Å². The zero-order valence-electron chi connectivity index (χ0n) is 12.5. The van der Waals surface area contributed by atoms with E-state index in [4.69, 9.17) is 0 Å². The lowest BCUT2D eigenvalue weighted by molar-refractivity contribution is -0.142. The second kappa shape index (κ2) is 6.91. The number of rotatable bonds is 8. The van der Waals surface area contributed by atoms with Gasteiger partial charge in [0.25, 0.3) is 0 Å². The number of carbonyl (C=O) groups is 1. The molecule has 0 amide bonds. The summed E-state index contributed by atoms with van der Waals surface area (Å²) in [5.41, 5.74) is -0.459. The van der Waals surface area contributed by atoms with Crippen molar-refractivity contribution in [3.8, 4) is 0 Å². The summed E-state index contributed by atoms with van der Waals surface area (Å²) in [5, 5.41) is 12.4. The summed E-state index contributed by atoms with van der Waals surface area (Å²) in [4.78, 5) is 11.6. The van der Waals surface area contributed by atoms with Gasteiger partial charge in [0.15, 0.2) is 0 Å². The highest BCUT2D eigenvalue weighted by atomic mass is 32.2. The Bertz CT molecular complexity index is 577. The van der Waals surface area contributed by atoms with Crippen LogP contribution in [0.4, 0.5) is 5.69 Å². The lowest BCUT2D eigenvalue weighted by Crippen LogP contribution is -2.45. The highest BCUT2D eigenvalue weighted by Gasteiger charge is 2.34. The van der Waals surface area contributed by atoms with Crippen molar-refractivity contribution >= 4 is 21.7 Å². The van der Waals surface area contributed by atoms with Gasteiger partial charge in [0.2, 0.25) is 10.0 Å². The van der Waals surface area contributed by atoms with Gasteiger partial charge in [0, 0.05) is 12.2 Å². The lowest BCUT2D eigenvalue weighted by Gasteiger charge is -2.29. The fourth-order valence-electron chi connectivity index (χ4n) is 2.05. The molecule has 1 aromatic carbocycles. The largest absolute Gasteiger partial charge is 0.480 e. The van der Waals surface area contributed by atoms with Crippen LogP contribution in [0.2, 0.25) is 0 Å². The molecular weight excluding hydrogens is 292 g/mol. The normalized spacial score (nSPS) is 12.1. The van der Waals surface area contributed by atoms with Crippen molar-refractivity contribution in [2.45, 2.75) is 44.0 Å². The molecule has 0 aliphatic rings. The first-order valence-corrected chi connectivity index (χ1v) is 8.41. The lowest BCUT2D eigenvalue weighted by atomic mass is 9.92. The molecule has 1 aromatic rings. The van der Waals surface area contributed by atoms with Gasteiger partial charge in [-0.05, 0) is 37.1 Å². The maximum absolute atomic E-state index is 11.8. The third-order valence-electron chi connectivity index (χ3n) is 3.50. The maximum atomic E-state index is 11.8. The van der Waals surface area contributed by atoms with Gasteiger partial charge < -0.3 is 10.4 Å². The van der Waals surface area contributed by atoms with Gasteiger partial charge in [-0.15, -0.1) is 0 Å². The predicted molar refractivity (Wildman–Crippen MR) is 81.9 cm³/mol. The number of hydrogen-bond donors (Lipinski definition) is 3. The van der Waals surface area contributed by atoms with E-state index in [1.165, 1.54) is 12.1 Å². The molecule has 0 aliphatic heterocycles. The third-order valence-corrected chi connectivity index (χ3v) is 5.06. The van der Waals surface area contributed by atoms with Crippen LogP contribution in [0.25, 0.3) is 0 Å². The molecule has 0 heterocycles. The fourth-order valence-corrected chi connectivity index (χ4v) is 3.09. The summed E-state index contributed by atoms with van der Waals surface area (Å²) in [7, 11) is -3.49. The summed E-state index contributed by atoms with van der Waals surface area (Å²) in [6, 6.07) is 6.07. The van der Waals surface area contributed by atoms with Crippen molar-refractivity contribution in [1.82, 2.24) is 4.72 Å². The van der Waals surface area contributed by atoms with E-state index in [0.717, 1.165) is 0 Å². The van der Waals surface area contributed by atoms with Gasteiger partial charge in [-0.1, -0.05) is 20.8 Å². The molecule has 21 heavy (non-hydrogen) atoms. The number of benzene rings is 1. The fraction of sp³-hybridized carbons (Fsp3) is 0.500. The van der Waals surface area contributed by atoms with Crippen LogP contribution in [0.3, 0.4) is 0 Å². The van der Waals surface area contributed by atoms with Crippen LogP contribution in [0.5, 0.6) is 0 Å². The molecule has 0 saturated heterocycles. The van der Waals surface area contributed by atoms with Crippen molar-refractivity contribution in [2.24, 2.45) is 0 Å². The Morgan fingerprint density at radius 2 is 1.67 bits per heavy atom. The zero-order valence-corrected chi connectivity index (χ0v) is 13.3. The number of carboxylic acids is 1. The first kappa shape index (κ1) is 17.5. The molecule has 0 unspecified atom stereocenters. The summed E-state index contributed by atoms with van der Waals surface area (Å²) in [6.45, 7) is 5.62. The first-order chi connectivity index (χ1) is 9.81. The molecular formula is C14H22N2O4S. The van der Waals surface area contributed by atoms with E-state index < -0.39 is 21.5 Å². The molecule has 3 N–H and O–H groups in total. The number of aliphatic carboxylic acids is 1. The van der Waals surface area contributed by atoms with E-state index in [1.807, 2.05) is 0 Å². The topological polar surface area (TPSA) is 95.5 Å².